The highest BCUT2D eigenvalue weighted by molar-refractivity contribution is 6.34. The van der Waals surface area contributed by atoms with E-state index in [0.717, 1.165) is 10.8 Å². The molecule has 2 aromatic rings. The molecule has 2 rings (SSSR count). The van der Waals surface area contributed by atoms with Crippen LogP contribution in [0.4, 0.5) is 0 Å². The van der Waals surface area contributed by atoms with Gasteiger partial charge in [-0.25, -0.2) is 4.98 Å². The van der Waals surface area contributed by atoms with Crippen molar-refractivity contribution in [1.82, 2.24) is 9.88 Å². The molecule has 4 nitrogen and oxygen atoms in total. The van der Waals surface area contributed by atoms with Crippen LogP contribution in [0.25, 0.3) is 10.8 Å². The summed E-state index contributed by atoms with van der Waals surface area (Å²) in [7, 11) is 1.75. The van der Waals surface area contributed by atoms with Gasteiger partial charge in [0, 0.05) is 31.8 Å². The Bertz CT molecular complexity index is 616. The van der Waals surface area contributed by atoms with E-state index in [2.05, 4.69) is 4.98 Å². The van der Waals surface area contributed by atoms with E-state index in [0.29, 0.717) is 30.5 Å². The van der Waals surface area contributed by atoms with Crippen LogP contribution in [0.15, 0.2) is 30.5 Å². The van der Waals surface area contributed by atoms with Crippen molar-refractivity contribution in [3.8, 4) is 0 Å². The zero-order valence-corrected chi connectivity index (χ0v) is 12.4. The summed E-state index contributed by atoms with van der Waals surface area (Å²) < 4.78 is 5.27. The molecule has 0 fully saturated rings. The molecule has 0 atom stereocenters. The van der Waals surface area contributed by atoms with Gasteiger partial charge in [-0.15, -0.1) is 0 Å². The summed E-state index contributed by atoms with van der Waals surface area (Å²) >= 11 is 6.06. The number of halogens is 1. The van der Waals surface area contributed by atoms with Gasteiger partial charge in [0.2, 0.25) is 0 Å². The number of carbonyl (C=O) groups excluding carboxylic acids is 1. The molecule has 20 heavy (non-hydrogen) atoms. The summed E-state index contributed by atoms with van der Waals surface area (Å²) in [6.45, 7) is 3.65. The molecule has 0 aliphatic rings. The van der Waals surface area contributed by atoms with Crippen molar-refractivity contribution in [2.45, 2.75) is 6.92 Å². The first kappa shape index (κ1) is 14.8. The van der Waals surface area contributed by atoms with Gasteiger partial charge in [-0.05, 0) is 12.3 Å². The summed E-state index contributed by atoms with van der Waals surface area (Å²) in [5.74, 6) is -0.0786. The van der Waals surface area contributed by atoms with E-state index in [1.807, 2.05) is 31.2 Å². The predicted molar refractivity (Wildman–Crippen MR) is 80.2 cm³/mol. The lowest BCUT2D eigenvalue weighted by molar-refractivity contribution is 0.0711. The van der Waals surface area contributed by atoms with E-state index in [4.69, 9.17) is 16.3 Å². The first-order valence-corrected chi connectivity index (χ1v) is 6.89. The number of carbonyl (C=O) groups is 1. The average Bonchev–Trinajstić information content (AvgIpc) is 2.47. The third kappa shape index (κ3) is 3.08. The van der Waals surface area contributed by atoms with Gasteiger partial charge in [0.1, 0.15) is 5.15 Å². The highest BCUT2D eigenvalue weighted by Crippen LogP contribution is 2.24. The van der Waals surface area contributed by atoms with E-state index in [1.54, 1.807) is 11.9 Å². The number of fused-ring (bicyclic) bond motifs is 1. The minimum Gasteiger partial charge on any atom is -0.380 e. The van der Waals surface area contributed by atoms with Gasteiger partial charge >= 0.3 is 0 Å². The second-order valence-electron chi connectivity index (χ2n) is 4.43. The molecule has 0 aliphatic carbocycles. The molecule has 0 saturated carbocycles. The number of nitrogens with zero attached hydrogens (tertiary/aromatic N) is 2. The highest BCUT2D eigenvalue weighted by Gasteiger charge is 2.16. The van der Waals surface area contributed by atoms with Crippen molar-refractivity contribution in [2.24, 2.45) is 0 Å². The topological polar surface area (TPSA) is 42.4 Å². The highest BCUT2D eigenvalue weighted by atomic mass is 35.5. The quantitative estimate of drug-likeness (QED) is 0.628. The number of ether oxygens (including phenoxy) is 1. The molecule has 5 heteroatoms. The van der Waals surface area contributed by atoms with Crippen LogP contribution in [-0.4, -0.2) is 42.6 Å². The van der Waals surface area contributed by atoms with Gasteiger partial charge in [0.05, 0.1) is 12.2 Å². The lowest BCUT2D eigenvalue weighted by Crippen LogP contribution is -2.30. The van der Waals surface area contributed by atoms with Gasteiger partial charge in [-0.2, -0.15) is 0 Å². The number of pyridine rings is 1. The fourth-order valence-electron chi connectivity index (χ4n) is 1.98. The van der Waals surface area contributed by atoms with E-state index in [9.17, 15) is 4.79 Å². The molecule has 0 unspecified atom stereocenters. The van der Waals surface area contributed by atoms with Gasteiger partial charge in [0.25, 0.3) is 5.91 Å². The van der Waals surface area contributed by atoms with Crippen LogP contribution in [0.3, 0.4) is 0 Å². The number of rotatable bonds is 5. The van der Waals surface area contributed by atoms with Crippen LogP contribution in [0, 0.1) is 0 Å². The predicted octanol–water partition coefficient (Wildman–Crippen LogP) is 3.00. The van der Waals surface area contributed by atoms with Crippen molar-refractivity contribution in [3.63, 3.8) is 0 Å². The Morgan fingerprint density at radius 1 is 1.35 bits per heavy atom. The Morgan fingerprint density at radius 2 is 2.05 bits per heavy atom. The van der Waals surface area contributed by atoms with Crippen LogP contribution in [0.2, 0.25) is 5.15 Å². The lowest BCUT2D eigenvalue weighted by Gasteiger charge is -2.18. The van der Waals surface area contributed by atoms with Crippen molar-refractivity contribution in [1.29, 1.82) is 0 Å². The third-order valence-electron chi connectivity index (χ3n) is 3.10. The zero-order valence-electron chi connectivity index (χ0n) is 11.6. The monoisotopic (exact) mass is 292 g/mol. The first-order valence-electron chi connectivity index (χ1n) is 6.51. The van der Waals surface area contributed by atoms with Crippen LogP contribution in [-0.2, 0) is 4.74 Å². The molecule has 1 aromatic heterocycles. The fraction of sp³-hybridized carbons (Fsp3) is 0.333. The van der Waals surface area contributed by atoms with Crippen molar-refractivity contribution >= 4 is 28.3 Å². The van der Waals surface area contributed by atoms with Gasteiger partial charge in [-0.3, -0.25) is 4.79 Å². The number of aromatic nitrogens is 1. The summed E-state index contributed by atoms with van der Waals surface area (Å²) in [6, 6.07) is 7.51. The van der Waals surface area contributed by atoms with Crippen LogP contribution in [0.5, 0.6) is 0 Å². The maximum atomic E-state index is 12.5. The molecule has 1 amide bonds. The second-order valence-corrected chi connectivity index (χ2v) is 4.79. The average molecular weight is 293 g/mol. The minimum absolute atomic E-state index is 0.0786. The largest absolute Gasteiger partial charge is 0.380 e. The minimum atomic E-state index is -0.0786. The van der Waals surface area contributed by atoms with Crippen molar-refractivity contribution in [3.05, 3.63) is 41.2 Å². The summed E-state index contributed by atoms with van der Waals surface area (Å²) in [4.78, 5) is 18.2. The molecule has 0 N–H and O–H groups in total. The summed E-state index contributed by atoms with van der Waals surface area (Å²) in [5, 5.41) is 2.02. The Labute approximate surface area is 123 Å². The molecule has 0 spiro atoms. The van der Waals surface area contributed by atoms with Crippen molar-refractivity contribution in [2.75, 3.05) is 26.8 Å². The van der Waals surface area contributed by atoms with E-state index in [1.165, 1.54) is 6.20 Å². The zero-order chi connectivity index (χ0) is 14.5. The molecule has 1 aromatic carbocycles. The lowest BCUT2D eigenvalue weighted by atomic mass is 10.1. The Hall–Kier alpha value is -1.65. The molecule has 0 bridgehead atoms. The Balaban J connectivity index is 2.28. The smallest absolute Gasteiger partial charge is 0.255 e. The molecule has 0 radical (unpaired) electrons. The summed E-state index contributed by atoms with van der Waals surface area (Å²) in [5.41, 5.74) is 0.559. The number of benzene rings is 1. The molecule has 106 valence electrons. The van der Waals surface area contributed by atoms with Crippen LogP contribution >= 0.6 is 11.6 Å². The SMILES string of the molecule is CCOCCN(C)C(=O)c1cnc(Cl)c2ccccc12. The summed E-state index contributed by atoms with van der Waals surface area (Å²) in [6.07, 6.45) is 1.53. The number of hydrogen-bond acceptors (Lipinski definition) is 3. The number of amides is 1. The van der Waals surface area contributed by atoms with Gasteiger partial charge in [-0.1, -0.05) is 35.9 Å². The Morgan fingerprint density at radius 3 is 2.75 bits per heavy atom. The van der Waals surface area contributed by atoms with E-state index in [-0.39, 0.29) is 5.91 Å². The normalized spacial score (nSPS) is 10.8. The third-order valence-corrected chi connectivity index (χ3v) is 3.40. The van der Waals surface area contributed by atoms with E-state index < -0.39 is 0 Å². The maximum Gasteiger partial charge on any atom is 0.255 e. The van der Waals surface area contributed by atoms with Crippen LogP contribution in [0.1, 0.15) is 17.3 Å². The molecule has 0 saturated heterocycles. The van der Waals surface area contributed by atoms with Crippen molar-refractivity contribution < 1.29 is 9.53 Å². The molecule has 1 heterocycles. The number of likely N-dealkylation sites (N-methyl/N-ethyl adjacent to an activating group) is 1. The van der Waals surface area contributed by atoms with Gasteiger partial charge in [0.15, 0.2) is 0 Å². The van der Waals surface area contributed by atoms with Crippen LogP contribution < -0.4 is 0 Å². The molecule has 0 aliphatic heterocycles. The molecular weight excluding hydrogens is 276 g/mol. The van der Waals surface area contributed by atoms with Gasteiger partial charge < -0.3 is 9.64 Å². The Kier molecular flexibility index (Phi) is 4.93. The second kappa shape index (κ2) is 6.68. The molecular formula is C15H17ClN2O2. The maximum absolute atomic E-state index is 12.5. The van der Waals surface area contributed by atoms with E-state index >= 15 is 0 Å². The fourth-order valence-corrected chi connectivity index (χ4v) is 2.20. The number of hydrogen-bond donors (Lipinski definition) is 0. The standard InChI is InChI=1S/C15H17ClN2O2/c1-3-20-9-8-18(2)15(19)13-10-17-14(16)12-7-5-4-6-11(12)13/h4-7,10H,3,8-9H2,1-2H3. The first-order chi connectivity index (χ1) is 9.65.